The van der Waals surface area contributed by atoms with Crippen LogP contribution in [0.1, 0.15) is 18.4 Å². The van der Waals surface area contributed by atoms with Crippen LogP contribution in [0.5, 0.6) is 0 Å². The minimum Gasteiger partial charge on any atom is -0.451 e. The maximum absolute atomic E-state index is 12.9. The molecule has 1 aliphatic rings. The number of benzene rings is 1. The van der Waals surface area contributed by atoms with Crippen molar-refractivity contribution in [3.05, 3.63) is 57.9 Å². The van der Waals surface area contributed by atoms with Gasteiger partial charge in [0.2, 0.25) is 6.54 Å². The van der Waals surface area contributed by atoms with Gasteiger partial charge in [0.25, 0.3) is 0 Å². The van der Waals surface area contributed by atoms with Crippen LogP contribution in [0.25, 0.3) is 0 Å². The first-order chi connectivity index (χ1) is 8.90. The summed E-state index contributed by atoms with van der Waals surface area (Å²) < 4.78 is 18.1. The summed E-state index contributed by atoms with van der Waals surface area (Å²) in [6, 6.07) is 5.39. The highest BCUT2D eigenvalue weighted by atomic mass is 19.1. The summed E-state index contributed by atoms with van der Waals surface area (Å²) in [6.07, 6.45) is 2.75. The summed E-state index contributed by atoms with van der Waals surface area (Å²) in [4.78, 5) is 21.5. The normalized spacial score (nSPS) is 23.2. The summed E-state index contributed by atoms with van der Waals surface area (Å²) in [5.41, 5.74) is -0.526. The molecule has 6 heteroatoms. The Bertz CT molecular complexity index is 540. The van der Waals surface area contributed by atoms with Gasteiger partial charge in [0.05, 0.1) is 5.92 Å². The summed E-state index contributed by atoms with van der Waals surface area (Å²) in [6.45, 7) is 1.20. The first-order valence-electron chi connectivity index (χ1n) is 5.70. The molecule has 0 aromatic heterocycles. The standard InChI is InChI=1S/C13H12FNO4/c1-13(7-6-12(16)19-13)11(8-15(17)18)9-2-4-10(14)5-3-9/h2-7,11H,8H2,1H3/t11-,13+/m1/s1. The van der Waals surface area contributed by atoms with Crippen LogP contribution < -0.4 is 0 Å². The molecule has 0 spiro atoms. The molecular weight excluding hydrogens is 253 g/mol. The smallest absolute Gasteiger partial charge is 0.331 e. The Balaban J connectivity index is 2.36. The van der Waals surface area contributed by atoms with E-state index in [0.29, 0.717) is 5.56 Å². The van der Waals surface area contributed by atoms with Crippen molar-refractivity contribution in [1.29, 1.82) is 0 Å². The van der Waals surface area contributed by atoms with Gasteiger partial charge in [-0.15, -0.1) is 0 Å². The zero-order valence-corrected chi connectivity index (χ0v) is 10.2. The third-order valence-corrected chi connectivity index (χ3v) is 3.17. The molecule has 0 bridgehead atoms. The van der Waals surface area contributed by atoms with E-state index in [-0.39, 0.29) is 0 Å². The summed E-state index contributed by atoms with van der Waals surface area (Å²) in [7, 11) is 0. The van der Waals surface area contributed by atoms with Gasteiger partial charge in [0.15, 0.2) is 0 Å². The highest BCUT2D eigenvalue weighted by Gasteiger charge is 2.42. The fraction of sp³-hybridized carbons (Fsp3) is 0.308. The largest absolute Gasteiger partial charge is 0.451 e. The lowest BCUT2D eigenvalue weighted by Gasteiger charge is -2.29. The van der Waals surface area contributed by atoms with Gasteiger partial charge >= 0.3 is 5.97 Å². The first kappa shape index (κ1) is 13.2. The van der Waals surface area contributed by atoms with E-state index in [0.717, 1.165) is 0 Å². The molecule has 2 atom stereocenters. The fourth-order valence-electron chi connectivity index (χ4n) is 2.17. The maximum atomic E-state index is 12.9. The van der Waals surface area contributed by atoms with Crippen LogP contribution in [0, 0.1) is 15.9 Å². The number of nitrogens with zero attached hydrogens (tertiary/aromatic N) is 1. The van der Waals surface area contributed by atoms with E-state index >= 15 is 0 Å². The molecule has 5 nitrogen and oxygen atoms in total. The second-order valence-corrected chi connectivity index (χ2v) is 4.56. The predicted molar refractivity (Wildman–Crippen MR) is 64.6 cm³/mol. The molecule has 0 aliphatic carbocycles. The average Bonchev–Trinajstić information content (AvgIpc) is 2.68. The van der Waals surface area contributed by atoms with Crippen LogP contribution in [0.4, 0.5) is 4.39 Å². The lowest BCUT2D eigenvalue weighted by atomic mass is 9.83. The first-order valence-corrected chi connectivity index (χ1v) is 5.70. The number of esters is 1. The van der Waals surface area contributed by atoms with Gasteiger partial charge in [-0.05, 0) is 30.7 Å². The van der Waals surface area contributed by atoms with Gasteiger partial charge in [0, 0.05) is 11.0 Å². The van der Waals surface area contributed by atoms with Crippen molar-refractivity contribution in [2.45, 2.75) is 18.4 Å². The quantitative estimate of drug-likeness (QED) is 0.474. The fourth-order valence-corrected chi connectivity index (χ4v) is 2.17. The SMILES string of the molecule is C[C@@]1([C@H](C[N+](=O)[O-])c2ccc(F)cc2)C=CC(=O)O1. The Morgan fingerprint density at radius 2 is 2.05 bits per heavy atom. The summed E-state index contributed by atoms with van der Waals surface area (Å²) in [5, 5.41) is 10.8. The summed E-state index contributed by atoms with van der Waals surface area (Å²) >= 11 is 0. The average molecular weight is 265 g/mol. The lowest BCUT2D eigenvalue weighted by Crippen LogP contribution is -2.36. The highest BCUT2D eigenvalue weighted by Crippen LogP contribution is 2.36. The molecule has 19 heavy (non-hydrogen) atoms. The van der Waals surface area contributed by atoms with Crippen molar-refractivity contribution in [3.63, 3.8) is 0 Å². The van der Waals surface area contributed by atoms with Crippen molar-refractivity contribution in [2.24, 2.45) is 0 Å². The Morgan fingerprint density at radius 3 is 2.53 bits per heavy atom. The molecule has 1 aromatic carbocycles. The van der Waals surface area contributed by atoms with E-state index in [1.807, 2.05) is 0 Å². The van der Waals surface area contributed by atoms with Gasteiger partial charge < -0.3 is 4.74 Å². The Hall–Kier alpha value is -2.24. The second kappa shape index (κ2) is 4.79. The third kappa shape index (κ3) is 2.78. The van der Waals surface area contributed by atoms with Crippen molar-refractivity contribution < 1.29 is 18.8 Å². The van der Waals surface area contributed by atoms with Crippen molar-refractivity contribution >= 4 is 5.97 Å². The van der Waals surface area contributed by atoms with E-state index in [1.165, 1.54) is 36.4 Å². The minimum absolute atomic E-state index is 0.403. The molecule has 1 aliphatic heterocycles. The van der Waals surface area contributed by atoms with E-state index in [4.69, 9.17) is 4.74 Å². The second-order valence-electron chi connectivity index (χ2n) is 4.56. The molecule has 2 rings (SSSR count). The van der Waals surface area contributed by atoms with Gasteiger partial charge in [-0.25, -0.2) is 9.18 Å². The van der Waals surface area contributed by atoms with Gasteiger partial charge in [-0.2, -0.15) is 0 Å². The minimum atomic E-state index is -1.08. The molecule has 0 radical (unpaired) electrons. The van der Waals surface area contributed by atoms with Crippen LogP contribution in [-0.4, -0.2) is 23.0 Å². The molecular formula is C13H12FNO4. The Morgan fingerprint density at radius 1 is 1.42 bits per heavy atom. The zero-order chi connectivity index (χ0) is 14.0. The Kier molecular flexibility index (Phi) is 3.33. The topological polar surface area (TPSA) is 69.4 Å². The van der Waals surface area contributed by atoms with Crippen LogP contribution in [-0.2, 0) is 9.53 Å². The number of halogens is 1. The number of ether oxygens (including phenoxy) is 1. The third-order valence-electron chi connectivity index (χ3n) is 3.17. The lowest BCUT2D eigenvalue weighted by molar-refractivity contribution is -0.486. The van der Waals surface area contributed by atoms with Gasteiger partial charge in [0.1, 0.15) is 11.4 Å². The number of hydrogen-bond donors (Lipinski definition) is 0. The van der Waals surface area contributed by atoms with Crippen molar-refractivity contribution in [1.82, 2.24) is 0 Å². The van der Waals surface area contributed by atoms with Crippen LogP contribution in [0.2, 0.25) is 0 Å². The van der Waals surface area contributed by atoms with Crippen LogP contribution in [0.15, 0.2) is 36.4 Å². The molecule has 0 fully saturated rings. The summed E-state index contributed by atoms with van der Waals surface area (Å²) in [5.74, 6) is -1.61. The molecule has 0 N–H and O–H groups in total. The number of cyclic esters (lactones) is 1. The van der Waals surface area contributed by atoms with Gasteiger partial charge in [-0.1, -0.05) is 12.1 Å². The molecule has 0 saturated heterocycles. The molecule has 0 saturated carbocycles. The molecule has 1 aromatic rings. The van der Waals surface area contributed by atoms with E-state index < -0.39 is 34.8 Å². The number of nitro groups is 1. The van der Waals surface area contributed by atoms with Gasteiger partial charge in [-0.3, -0.25) is 10.1 Å². The van der Waals surface area contributed by atoms with Crippen molar-refractivity contribution in [3.8, 4) is 0 Å². The van der Waals surface area contributed by atoms with E-state index in [9.17, 15) is 19.3 Å². The zero-order valence-electron chi connectivity index (χ0n) is 10.2. The highest BCUT2D eigenvalue weighted by molar-refractivity contribution is 5.85. The molecule has 1 heterocycles. The van der Waals surface area contributed by atoms with Crippen LogP contribution >= 0.6 is 0 Å². The van der Waals surface area contributed by atoms with E-state index in [1.54, 1.807) is 6.92 Å². The molecule has 0 amide bonds. The number of hydrogen-bond acceptors (Lipinski definition) is 4. The van der Waals surface area contributed by atoms with E-state index in [2.05, 4.69) is 0 Å². The number of rotatable bonds is 4. The van der Waals surface area contributed by atoms with Crippen molar-refractivity contribution in [2.75, 3.05) is 6.54 Å². The number of carbonyl (C=O) groups excluding carboxylic acids is 1. The molecule has 100 valence electrons. The number of carbonyl (C=O) groups is 1. The monoisotopic (exact) mass is 265 g/mol. The van der Waals surface area contributed by atoms with Crippen LogP contribution in [0.3, 0.4) is 0 Å². The predicted octanol–water partition coefficient (Wildman–Crippen LogP) is 2.06. The maximum Gasteiger partial charge on any atom is 0.331 e. The molecule has 0 unspecified atom stereocenters. The Labute approximate surface area is 108 Å².